The van der Waals surface area contributed by atoms with Crippen LogP contribution >= 0.6 is 11.6 Å². The van der Waals surface area contributed by atoms with Crippen molar-refractivity contribution in [3.63, 3.8) is 0 Å². The number of hydroxylamine groups is 2. The number of Topliss-reactive ketones (excluding diaryl/α,β-unsaturated/α-hetero) is 1. The molecule has 0 fully saturated rings. The van der Waals surface area contributed by atoms with Crippen molar-refractivity contribution in [2.75, 3.05) is 7.05 Å². The molecule has 0 spiro atoms. The topological polar surface area (TPSA) is 77.8 Å². The van der Waals surface area contributed by atoms with Crippen LogP contribution in [0.25, 0.3) is 0 Å². The number of nitrogens with zero attached hydrogens (tertiary/aromatic N) is 1. The number of aliphatic hydroxyl groups is 1. The van der Waals surface area contributed by atoms with Gasteiger partial charge in [0.05, 0.1) is 6.42 Å². The predicted molar refractivity (Wildman–Crippen MR) is 85.1 cm³/mol. The van der Waals surface area contributed by atoms with E-state index >= 15 is 0 Å². The summed E-state index contributed by atoms with van der Waals surface area (Å²) in [6.45, 7) is 0. The molecule has 0 heterocycles. The summed E-state index contributed by atoms with van der Waals surface area (Å²) in [4.78, 5) is 23.8. The van der Waals surface area contributed by atoms with Crippen LogP contribution in [0.15, 0.2) is 54.6 Å². The lowest BCUT2D eigenvalue weighted by molar-refractivity contribution is -0.166. The fraction of sp³-hybridized carbons (Fsp3) is 0.176. The largest absolute Gasteiger partial charge is 0.380 e. The van der Waals surface area contributed by atoms with Crippen molar-refractivity contribution >= 4 is 23.3 Å². The summed E-state index contributed by atoms with van der Waals surface area (Å²) in [5.41, 5.74) is -1.04. The molecule has 0 bridgehead atoms. The Labute approximate surface area is 138 Å². The Morgan fingerprint density at radius 2 is 1.65 bits per heavy atom. The molecule has 2 N–H and O–H groups in total. The number of carbonyl (C=O) groups is 2. The van der Waals surface area contributed by atoms with E-state index in [1.54, 1.807) is 54.6 Å². The highest BCUT2D eigenvalue weighted by Crippen LogP contribution is 2.37. The molecule has 1 atom stereocenters. The quantitative estimate of drug-likeness (QED) is 0.500. The molecule has 0 aliphatic heterocycles. The average Bonchev–Trinajstić information content (AvgIpc) is 2.55. The third-order valence-corrected chi connectivity index (χ3v) is 3.85. The highest BCUT2D eigenvalue weighted by atomic mass is 35.5. The van der Waals surface area contributed by atoms with Crippen LogP contribution in [-0.4, -0.2) is 34.1 Å². The van der Waals surface area contributed by atoms with Crippen molar-refractivity contribution in [3.05, 3.63) is 70.7 Å². The maximum atomic E-state index is 12.1. The molecular formula is C17H16ClNO4. The molecule has 1 unspecified atom stereocenters. The Bertz CT molecular complexity index is 718. The normalized spacial score (nSPS) is 13.2. The number of hydrogen-bond donors (Lipinski definition) is 2. The van der Waals surface area contributed by atoms with Gasteiger partial charge < -0.3 is 5.11 Å². The van der Waals surface area contributed by atoms with E-state index in [1.165, 1.54) is 0 Å². The van der Waals surface area contributed by atoms with E-state index in [0.717, 1.165) is 7.05 Å². The Balaban J connectivity index is 2.51. The van der Waals surface area contributed by atoms with Gasteiger partial charge in [0.1, 0.15) is 5.60 Å². The second kappa shape index (κ2) is 6.91. The van der Waals surface area contributed by atoms with Crippen LogP contribution in [0.2, 0.25) is 5.02 Å². The molecule has 0 radical (unpaired) electrons. The van der Waals surface area contributed by atoms with Gasteiger partial charge in [-0.3, -0.25) is 14.8 Å². The number of carbonyl (C=O) groups excluding carboxylic acids is 2. The minimum Gasteiger partial charge on any atom is -0.380 e. The fourth-order valence-electron chi connectivity index (χ4n) is 2.35. The molecule has 1 amide bonds. The number of benzene rings is 2. The van der Waals surface area contributed by atoms with Crippen LogP contribution in [0, 0.1) is 0 Å². The molecule has 120 valence electrons. The molecule has 5 nitrogen and oxygen atoms in total. The average molecular weight is 334 g/mol. The van der Waals surface area contributed by atoms with Gasteiger partial charge in [0.25, 0.3) is 0 Å². The van der Waals surface area contributed by atoms with Crippen LogP contribution < -0.4 is 0 Å². The van der Waals surface area contributed by atoms with Gasteiger partial charge in [0.15, 0.2) is 0 Å². The van der Waals surface area contributed by atoms with Crippen molar-refractivity contribution < 1.29 is 19.9 Å². The van der Waals surface area contributed by atoms with E-state index in [2.05, 4.69) is 0 Å². The minimum absolute atomic E-state index is 0.195. The van der Waals surface area contributed by atoms with Gasteiger partial charge in [-0.05, 0) is 11.6 Å². The highest BCUT2D eigenvalue weighted by molar-refractivity contribution is 6.36. The molecule has 0 aliphatic carbocycles. The second-order valence-electron chi connectivity index (χ2n) is 5.13. The first kappa shape index (κ1) is 17.1. The van der Waals surface area contributed by atoms with E-state index in [1.807, 2.05) is 0 Å². The van der Waals surface area contributed by atoms with Crippen LogP contribution in [0.1, 0.15) is 17.5 Å². The maximum Gasteiger partial charge on any atom is 0.313 e. The zero-order chi connectivity index (χ0) is 17.0. The van der Waals surface area contributed by atoms with E-state index in [9.17, 15) is 14.7 Å². The SMILES string of the molecule is CN(O)C(=O)C(=O)CC(O)(c1ccccc1)c1ccccc1Cl. The lowest BCUT2D eigenvalue weighted by Gasteiger charge is -2.29. The third-order valence-electron chi connectivity index (χ3n) is 3.52. The first-order valence-corrected chi connectivity index (χ1v) is 7.26. The lowest BCUT2D eigenvalue weighted by atomic mass is 9.82. The van der Waals surface area contributed by atoms with Gasteiger partial charge >= 0.3 is 5.91 Å². The molecule has 0 aromatic heterocycles. The summed E-state index contributed by atoms with van der Waals surface area (Å²) in [5, 5.41) is 20.8. The minimum atomic E-state index is -1.78. The number of ketones is 1. The number of rotatable bonds is 5. The van der Waals surface area contributed by atoms with Gasteiger partial charge in [-0.1, -0.05) is 60.1 Å². The number of amides is 1. The van der Waals surface area contributed by atoms with Gasteiger partial charge in [0.2, 0.25) is 5.78 Å². The highest BCUT2D eigenvalue weighted by Gasteiger charge is 2.38. The molecule has 2 aromatic rings. The molecule has 2 rings (SSSR count). The summed E-state index contributed by atoms with van der Waals surface area (Å²) in [6, 6.07) is 15.0. The van der Waals surface area contributed by atoms with Gasteiger partial charge in [-0.2, -0.15) is 0 Å². The number of halogens is 1. The monoisotopic (exact) mass is 333 g/mol. The maximum absolute atomic E-state index is 12.1. The van der Waals surface area contributed by atoms with Crippen molar-refractivity contribution in [2.24, 2.45) is 0 Å². The zero-order valence-corrected chi connectivity index (χ0v) is 13.2. The molecule has 0 saturated carbocycles. The molecule has 6 heteroatoms. The van der Waals surface area contributed by atoms with Crippen LogP contribution in [0.5, 0.6) is 0 Å². The van der Waals surface area contributed by atoms with Gasteiger partial charge in [-0.25, -0.2) is 5.06 Å². The first-order chi connectivity index (χ1) is 10.9. The molecule has 0 saturated heterocycles. The van der Waals surface area contributed by atoms with Crippen LogP contribution in [-0.2, 0) is 15.2 Å². The summed E-state index contributed by atoms with van der Waals surface area (Å²) >= 11 is 6.17. The van der Waals surface area contributed by atoms with E-state index in [0.29, 0.717) is 11.1 Å². The second-order valence-corrected chi connectivity index (χ2v) is 5.54. The van der Waals surface area contributed by atoms with Crippen molar-refractivity contribution in [1.82, 2.24) is 5.06 Å². The summed E-state index contributed by atoms with van der Waals surface area (Å²) in [6.07, 6.45) is -0.537. The number of likely N-dealkylation sites (N-methyl/N-ethyl adjacent to an activating group) is 1. The molecule has 0 aliphatic rings. The first-order valence-electron chi connectivity index (χ1n) is 6.89. The smallest absolute Gasteiger partial charge is 0.313 e. The third kappa shape index (κ3) is 3.59. The lowest BCUT2D eigenvalue weighted by Crippen LogP contribution is -2.38. The standard InChI is InChI=1S/C17H16ClNO4/c1-19(23)16(21)15(20)11-17(22,12-7-3-2-4-8-12)13-9-5-6-10-14(13)18/h2-10,22-23H,11H2,1H3. The van der Waals surface area contributed by atoms with E-state index in [-0.39, 0.29) is 10.1 Å². The molecule has 2 aromatic carbocycles. The van der Waals surface area contributed by atoms with Crippen LogP contribution in [0.4, 0.5) is 0 Å². The number of hydrogen-bond acceptors (Lipinski definition) is 4. The van der Waals surface area contributed by atoms with E-state index in [4.69, 9.17) is 16.8 Å². The van der Waals surface area contributed by atoms with Gasteiger partial charge in [0, 0.05) is 17.6 Å². The fourth-order valence-corrected chi connectivity index (χ4v) is 2.64. The summed E-state index contributed by atoms with van der Waals surface area (Å²) in [7, 11) is 1.05. The predicted octanol–water partition coefficient (Wildman–Crippen LogP) is 2.38. The van der Waals surface area contributed by atoms with Crippen molar-refractivity contribution in [3.8, 4) is 0 Å². The van der Waals surface area contributed by atoms with Crippen molar-refractivity contribution in [2.45, 2.75) is 12.0 Å². The Hall–Kier alpha value is -2.21. The zero-order valence-electron chi connectivity index (χ0n) is 12.4. The Morgan fingerprint density at radius 1 is 1.09 bits per heavy atom. The van der Waals surface area contributed by atoms with E-state index < -0.39 is 23.7 Å². The Morgan fingerprint density at radius 3 is 2.22 bits per heavy atom. The Kier molecular flexibility index (Phi) is 5.15. The molecule has 23 heavy (non-hydrogen) atoms. The summed E-state index contributed by atoms with van der Waals surface area (Å²) < 4.78 is 0. The molecular weight excluding hydrogens is 318 g/mol. The van der Waals surface area contributed by atoms with Gasteiger partial charge in [-0.15, -0.1) is 0 Å². The summed E-state index contributed by atoms with van der Waals surface area (Å²) in [5.74, 6) is -2.03. The van der Waals surface area contributed by atoms with Crippen LogP contribution in [0.3, 0.4) is 0 Å². The van der Waals surface area contributed by atoms with Crippen molar-refractivity contribution in [1.29, 1.82) is 0 Å².